The monoisotopic (exact) mass is 274 g/mol. The van der Waals surface area contributed by atoms with Crippen LogP contribution in [0, 0.1) is 0 Å². The van der Waals surface area contributed by atoms with Crippen molar-refractivity contribution < 1.29 is 4.74 Å². The van der Waals surface area contributed by atoms with E-state index in [1.165, 1.54) is 5.54 Å². The molecule has 0 atom stereocenters. The molecule has 0 amide bonds. The van der Waals surface area contributed by atoms with Gasteiger partial charge in [-0.2, -0.15) is 0 Å². The number of nitrogens with one attached hydrogen (secondary N) is 1. The second kappa shape index (κ2) is 7.54. The normalized spacial score (nSPS) is 11.9. The molecule has 1 rings (SSSR count). The predicted molar refractivity (Wildman–Crippen MR) is 71.5 cm³/mol. The summed E-state index contributed by atoms with van der Waals surface area (Å²) < 4.78 is 5.37. The third-order valence-electron chi connectivity index (χ3n) is 1.98. The van der Waals surface area contributed by atoms with Gasteiger partial charge in [0.05, 0.1) is 16.9 Å². The van der Waals surface area contributed by atoms with Crippen molar-refractivity contribution in [3.8, 4) is 5.75 Å². The number of rotatable bonds is 6. The SMILES string of the molecule is CC(C)NCc1ccc(OCC(Cl)=CCl)cn1. The van der Waals surface area contributed by atoms with E-state index in [1.807, 2.05) is 12.1 Å². The number of pyridine rings is 1. The highest BCUT2D eigenvalue weighted by Gasteiger charge is 1.99. The maximum absolute atomic E-state index is 5.70. The molecule has 1 aromatic heterocycles. The molecule has 1 heterocycles. The first-order valence-electron chi connectivity index (χ1n) is 5.37. The van der Waals surface area contributed by atoms with Crippen LogP contribution in [0.25, 0.3) is 0 Å². The van der Waals surface area contributed by atoms with E-state index >= 15 is 0 Å². The fourth-order valence-electron chi connectivity index (χ4n) is 1.09. The molecule has 0 radical (unpaired) electrons. The standard InChI is InChI=1S/C12H16Cl2N2O/c1-9(2)15-6-11-3-4-12(7-16-11)17-8-10(14)5-13/h3-5,7,9,15H,6,8H2,1-2H3. The third-order valence-corrected chi connectivity index (χ3v) is 2.58. The predicted octanol–water partition coefficient (Wildman–Crippen LogP) is 3.28. The molecule has 3 nitrogen and oxygen atoms in total. The summed E-state index contributed by atoms with van der Waals surface area (Å²) in [6.45, 7) is 5.20. The molecule has 0 aliphatic heterocycles. The molecule has 0 spiro atoms. The molecule has 1 N–H and O–H groups in total. The van der Waals surface area contributed by atoms with Gasteiger partial charge in [-0.1, -0.05) is 37.0 Å². The lowest BCUT2D eigenvalue weighted by atomic mass is 10.3. The van der Waals surface area contributed by atoms with Crippen LogP contribution in [0.5, 0.6) is 5.75 Å². The van der Waals surface area contributed by atoms with E-state index in [1.54, 1.807) is 6.20 Å². The van der Waals surface area contributed by atoms with Crippen LogP contribution in [0.15, 0.2) is 28.9 Å². The first-order chi connectivity index (χ1) is 8.11. The van der Waals surface area contributed by atoms with Crippen LogP contribution >= 0.6 is 23.2 Å². The fourth-order valence-corrected chi connectivity index (χ4v) is 1.21. The van der Waals surface area contributed by atoms with E-state index in [2.05, 4.69) is 24.1 Å². The summed E-state index contributed by atoms with van der Waals surface area (Å²) in [5, 5.41) is 3.75. The van der Waals surface area contributed by atoms with Gasteiger partial charge in [-0.25, -0.2) is 0 Å². The maximum Gasteiger partial charge on any atom is 0.138 e. The lowest BCUT2D eigenvalue weighted by molar-refractivity contribution is 0.357. The molecule has 0 saturated carbocycles. The second-order valence-corrected chi connectivity index (χ2v) is 4.57. The average molecular weight is 275 g/mol. The quantitative estimate of drug-likeness (QED) is 0.865. The average Bonchev–Trinajstić information content (AvgIpc) is 2.34. The zero-order valence-corrected chi connectivity index (χ0v) is 11.4. The Hall–Kier alpha value is -0.770. The van der Waals surface area contributed by atoms with Crippen molar-refractivity contribution in [3.63, 3.8) is 0 Å². The van der Waals surface area contributed by atoms with Crippen LogP contribution in [0.4, 0.5) is 0 Å². The highest BCUT2D eigenvalue weighted by atomic mass is 35.5. The second-order valence-electron chi connectivity index (χ2n) is 3.87. The molecule has 94 valence electrons. The number of nitrogens with zero attached hydrogens (tertiary/aromatic N) is 1. The summed E-state index contributed by atoms with van der Waals surface area (Å²) in [6.07, 6.45) is 1.68. The molecule has 0 unspecified atom stereocenters. The van der Waals surface area contributed by atoms with Crippen LogP contribution in [-0.4, -0.2) is 17.6 Å². The van der Waals surface area contributed by atoms with Crippen molar-refractivity contribution in [2.75, 3.05) is 6.61 Å². The van der Waals surface area contributed by atoms with Crippen LogP contribution in [0.1, 0.15) is 19.5 Å². The Morgan fingerprint density at radius 3 is 2.82 bits per heavy atom. The van der Waals surface area contributed by atoms with Gasteiger partial charge in [0.15, 0.2) is 0 Å². The Bertz CT molecular complexity index is 363. The van der Waals surface area contributed by atoms with Crippen molar-refractivity contribution >= 4 is 23.2 Å². The van der Waals surface area contributed by atoms with Gasteiger partial charge in [0.25, 0.3) is 0 Å². The van der Waals surface area contributed by atoms with Crippen LogP contribution in [-0.2, 0) is 6.54 Å². The van der Waals surface area contributed by atoms with Crippen molar-refractivity contribution in [2.45, 2.75) is 26.4 Å². The van der Waals surface area contributed by atoms with Crippen molar-refractivity contribution in [1.82, 2.24) is 10.3 Å². The number of halogens is 2. The number of hydrogen-bond acceptors (Lipinski definition) is 3. The van der Waals surface area contributed by atoms with Gasteiger partial charge in [-0.15, -0.1) is 0 Å². The Labute approximate surface area is 112 Å². The summed E-state index contributed by atoms with van der Waals surface area (Å²) in [6, 6.07) is 4.23. The molecule has 0 bridgehead atoms. The Morgan fingerprint density at radius 1 is 1.53 bits per heavy atom. The molecule has 1 aromatic rings. The highest BCUT2D eigenvalue weighted by molar-refractivity contribution is 6.36. The van der Waals surface area contributed by atoms with Gasteiger partial charge >= 0.3 is 0 Å². The molecule has 0 fully saturated rings. The molecule has 17 heavy (non-hydrogen) atoms. The summed E-state index contributed by atoms with van der Waals surface area (Å²) in [7, 11) is 0. The minimum Gasteiger partial charge on any atom is -0.486 e. The minimum absolute atomic E-state index is 0.260. The van der Waals surface area contributed by atoms with Gasteiger partial charge in [0.2, 0.25) is 0 Å². The van der Waals surface area contributed by atoms with Crippen LogP contribution in [0.2, 0.25) is 0 Å². The van der Waals surface area contributed by atoms with Crippen molar-refractivity contribution in [1.29, 1.82) is 0 Å². The molecule has 0 aromatic carbocycles. The Kier molecular flexibility index (Phi) is 6.34. The maximum atomic E-state index is 5.70. The molecule has 0 aliphatic rings. The van der Waals surface area contributed by atoms with Gasteiger partial charge in [-0.05, 0) is 12.1 Å². The van der Waals surface area contributed by atoms with E-state index in [0.717, 1.165) is 12.2 Å². The van der Waals surface area contributed by atoms with Gasteiger partial charge in [0, 0.05) is 18.1 Å². The first kappa shape index (κ1) is 14.3. The molecule has 0 aliphatic carbocycles. The van der Waals surface area contributed by atoms with Gasteiger partial charge < -0.3 is 10.1 Å². The summed E-state index contributed by atoms with van der Waals surface area (Å²) >= 11 is 11.1. The molecular weight excluding hydrogens is 259 g/mol. The van der Waals surface area contributed by atoms with Crippen LogP contribution in [0.3, 0.4) is 0 Å². The van der Waals surface area contributed by atoms with E-state index < -0.39 is 0 Å². The number of ether oxygens (including phenoxy) is 1. The van der Waals surface area contributed by atoms with Crippen molar-refractivity contribution in [3.05, 3.63) is 34.6 Å². The largest absolute Gasteiger partial charge is 0.486 e. The summed E-state index contributed by atoms with van der Waals surface area (Å²) in [5.41, 5.74) is 2.26. The number of hydrogen-bond donors (Lipinski definition) is 1. The van der Waals surface area contributed by atoms with Crippen LogP contribution < -0.4 is 10.1 Å². The highest BCUT2D eigenvalue weighted by Crippen LogP contribution is 2.12. The minimum atomic E-state index is 0.260. The zero-order valence-electron chi connectivity index (χ0n) is 9.91. The van der Waals surface area contributed by atoms with Gasteiger partial charge in [0.1, 0.15) is 12.4 Å². The summed E-state index contributed by atoms with van der Waals surface area (Å²) in [4.78, 5) is 4.27. The smallest absolute Gasteiger partial charge is 0.138 e. The third kappa shape index (κ3) is 5.91. The fraction of sp³-hybridized carbons (Fsp3) is 0.417. The zero-order chi connectivity index (χ0) is 12.7. The van der Waals surface area contributed by atoms with E-state index in [9.17, 15) is 0 Å². The Balaban J connectivity index is 2.44. The first-order valence-corrected chi connectivity index (χ1v) is 6.19. The number of aromatic nitrogens is 1. The lowest BCUT2D eigenvalue weighted by Gasteiger charge is -2.08. The molecule has 5 heteroatoms. The summed E-state index contributed by atoms with van der Waals surface area (Å²) in [5.74, 6) is 0.676. The van der Waals surface area contributed by atoms with E-state index in [4.69, 9.17) is 27.9 Å². The Morgan fingerprint density at radius 2 is 2.29 bits per heavy atom. The van der Waals surface area contributed by atoms with Crippen molar-refractivity contribution in [2.24, 2.45) is 0 Å². The molecular formula is C12H16Cl2N2O. The lowest BCUT2D eigenvalue weighted by Crippen LogP contribution is -2.22. The van der Waals surface area contributed by atoms with Gasteiger partial charge in [-0.3, -0.25) is 4.98 Å². The van der Waals surface area contributed by atoms with E-state index in [-0.39, 0.29) is 6.61 Å². The molecule has 0 saturated heterocycles. The van der Waals surface area contributed by atoms with E-state index in [0.29, 0.717) is 16.8 Å². The topological polar surface area (TPSA) is 34.1 Å².